The third kappa shape index (κ3) is 19.9. The molecule has 0 aromatic heterocycles. The number of allylic oxidation sites excluding steroid dienone is 2. The summed E-state index contributed by atoms with van der Waals surface area (Å²) in [4.78, 5) is 11.8. The van der Waals surface area contributed by atoms with E-state index in [1.54, 1.807) is 0 Å². The number of Topliss-reactive ketones (excluding diaryl/α,β-unsaturated/α-hetero) is 1. The Morgan fingerprint density at radius 2 is 0.616 bits per heavy atom. The summed E-state index contributed by atoms with van der Waals surface area (Å²) >= 11 is 0. The standard InChI is InChI=1S/C22H41O3P.C18H33O3P.C14H16F9O3P.C14H25O3P.C14H25OP.C13H21OP.C13H25P/c1-8-12-19-16-21(14-10-3)25-20(23-19,13-9-2)17-22(24-19,15-11-4)26(21)18(5,6)7;1-8-15-12-17(10-3)21-16(9-2,19-15)13-18(11-4,20-15)22(17)14(5,6)7;1-7(2,3)27-8(4)5-9(12(15,16)17)25-10(24-8,13(18,19)20)6-11(27,26-9)14(21,22)23;1-10(2,3)18-13(6)8-11(4)15-12(5,17-13)9-14(18,7)16-11;1-12(2,3)16-13(4)6-10-8-14(16,5)9-11(7-13)15-10;1-11(2,3)15-12(4)6-7-13(15,5)9-10(14)8-12;1-11(2,3)14-12(4)7-6-8-13(14,5)10-9-12/h8-17H2,1-7H3;8-13H2,1-7H3;5-6H2,1-4H3;8-9H2,1-7H3;10-11H,6-9H2,1-5H3;6-7H,8-9H2,1-5H3;6-10H2,1-5H3. The topological polar surface area (TPSA) is 137 Å². The molecule has 23 saturated heterocycles. The lowest BCUT2D eigenvalue weighted by Gasteiger charge is -2.74. The first kappa shape index (κ1) is 116. The quantitative estimate of drug-likeness (QED) is 0.104. The Bertz CT molecular complexity index is 4200. The molecule has 14 nitrogen and oxygen atoms in total. The summed E-state index contributed by atoms with van der Waals surface area (Å²) in [6, 6.07) is 0. The van der Waals surface area contributed by atoms with Crippen LogP contribution in [0.25, 0.3) is 0 Å². The fourth-order valence-electron chi connectivity index (χ4n) is 34.6. The van der Waals surface area contributed by atoms with Crippen LogP contribution < -0.4 is 0 Å². The zero-order valence-electron chi connectivity index (χ0n) is 93.0. The van der Waals surface area contributed by atoms with Crippen molar-refractivity contribution in [3.05, 3.63) is 12.2 Å². The fourth-order valence-corrected chi connectivity index (χ4v) is 72.6. The van der Waals surface area contributed by atoms with Gasteiger partial charge in [-0.2, -0.15) is 39.5 Å². The third-order valence-corrected chi connectivity index (χ3v) is 62.2. The number of hydrogen-bond acceptors (Lipinski definition) is 14. The maximum absolute atomic E-state index is 14.1. The number of ketones is 1. The first-order chi connectivity index (χ1) is 62.0. The molecule has 0 radical (unpaired) electrons. The number of carbonyl (C=O) groups excluding carboxylic acids is 1. The summed E-state index contributed by atoms with van der Waals surface area (Å²) in [6.07, 6.45) is 18.3. The van der Waals surface area contributed by atoms with E-state index in [-0.39, 0.29) is 81.6 Å². The Labute approximate surface area is 837 Å². The first-order valence-corrected chi connectivity index (χ1v) is 62.5. The van der Waals surface area contributed by atoms with Crippen LogP contribution >= 0.6 is 55.5 Å². The zero-order chi connectivity index (χ0) is 104. The number of rotatable bonds is 12. The minimum Gasteiger partial charge on any atom is -0.375 e. The van der Waals surface area contributed by atoms with Gasteiger partial charge in [0.05, 0.1) is 56.0 Å². The van der Waals surface area contributed by atoms with Crippen molar-refractivity contribution in [2.24, 2.45) is 0 Å². The molecule has 0 amide bonds. The van der Waals surface area contributed by atoms with Crippen molar-refractivity contribution in [3.8, 4) is 0 Å². The van der Waals surface area contributed by atoms with Crippen LogP contribution in [-0.4, -0.2) is 193 Å². The van der Waals surface area contributed by atoms with Gasteiger partial charge < -0.3 is 61.6 Å². The highest BCUT2D eigenvalue weighted by Crippen LogP contribution is 2.90. The number of carbonyl (C=O) groups is 1. The molecule has 30 heteroatoms. The average molecular weight is 2100 g/mol. The number of ether oxygens (including phenoxy) is 13. The summed E-state index contributed by atoms with van der Waals surface area (Å²) in [7, 11) is -3.79. The van der Waals surface area contributed by atoms with Gasteiger partial charge >= 0.3 is 18.5 Å². The molecule has 800 valence electrons. The molecule has 21 atom stereocenters. The van der Waals surface area contributed by atoms with E-state index in [2.05, 4.69) is 271 Å². The second-order valence-corrected chi connectivity index (χ2v) is 82.3. The Hall–Kier alpha value is 1.27. The summed E-state index contributed by atoms with van der Waals surface area (Å²) in [6.45, 7) is 89.6. The predicted molar refractivity (Wildman–Crippen MR) is 552 cm³/mol. The van der Waals surface area contributed by atoms with Gasteiger partial charge in [0.25, 0.3) is 11.6 Å². The molecule has 0 aliphatic carbocycles. The lowest BCUT2D eigenvalue weighted by molar-refractivity contribution is -0.579. The second kappa shape index (κ2) is 35.9. The van der Waals surface area contributed by atoms with Gasteiger partial charge in [0, 0.05) is 80.9 Å². The van der Waals surface area contributed by atoms with E-state index < -0.39 is 125 Å². The van der Waals surface area contributed by atoms with Gasteiger partial charge in [0.1, 0.15) is 5.78 Å². The minimum atomic E-state index is -5.63. The largest absolute Gasteiger partial charge is 0.443 e. The maximum Gasteiger partial charge on any atom is 0.443 e. The van der Waals surface area contributed by atoms with E-state index in [1.165, 1.54) is 91.4 Å². The van der Waals surface area contributed by atoms with E-state index in [0.717, 1.165) is 133 Å². The van der Waals surface area contributed by atoms with Gasteiger partial charge in [-0.25, -0.2) is 0 Å². The molecule has 21 unspecified atom stereocenters. The highest BCUT2D eigenvalue weighted by atomic mass is 31.1. The molecule has 24 rings (SSSR count). The van der Waals surface area contributed by atoms with Crippen LogP contribution in [0.4, 0.5) is 39.5 Å². The fraction of sp³-hybridized carbons (Fsp3) is 0.972. The summed E-state index contributed by atoms with van der Waals surface area (Å²) in [5.41, 5.74) is 0. The van der Waals surface area contributed by atoms with E-state index in [0.29, 0.717) is 43.8 Å². The van der Waals surface area contributed by atoms with Crippen molar-refractivity contribution < 1.29 is 106 Å². The van der Waals surface area contributed by atoms with Crippen molar-refractivity contribution >= 4 is 61.2 Å². The van der Waals surface area contributed by atoms with Crippen LogP contribution in [-0.2, 0) is 66.4 Å². The average Bonchev–Trinajstić information content (AvgIpc) is 0.720. The van der Waals surface area contributed by atoms with Crippen LogP contribution in [0.1, 0.15) is 476 Å². The lowest BCUT2D eigenvalue weighted by atomic mass is 9.78. The summed E-state index contributed by atoms with van der Waals surface area (Å²) in [5, 5.41) is -2.74. The summed E-state index contributed by atoms with van der Waals surface area (Å²) < 4.78 is 204. The Morgan fingerprint density at radius 1 is 0.297 bits per heavy atom. The molecule has 24 bridgehead atoms. The van der Waals surface area contributed by atoms with Crippen LogP contribution in [0, 0.1) is 0 Å². The molecule has 0 aromatic rings. The Balaban J connectivity index is 0.000000138. The molecule has 0 spiro atoms. The van der Waals surface area contributed by atoms with E-state index in [1.807, 2.05) is 0 Å². The minimum absolute atomic E-state index is 0.0450. The SMILES string of the molecule is CC(C)(C)P1C2(C)C=CC1(C)CC(=O)C2.CC(C)(C)P1C2(C)CC3(C(F)(F)F)OC(C(F)(F)F)(CC1(C(F)(F)F)O3)O2.CC(C)(C)P1C2(C)CC3CC1(C)CC(C2)O3.CC(C)(C)P1C2(C)CCCC1(C)CC2.CC12CC3(C)OC(C)(CC(C)(O1)P3C(C)(C)C)O2.CCC12CC3(CC)OC(CC)(CC(CC)(O1)P3C(C)(C)C)O2.CCCC12CC3(CCC)OC(CCC)(CC(CCC)(O1)P3C(C)(C)C)O2. The zero-order valence-corrected chi connectivity index (χ0v) is 99.2. The van der Waals surface area contributed by atoms with Crippen LogP contribution in [0.2, 0.25) is 0 Å². The van der Waals surface area contributed by atoms with Gasteiger partial charge in [0.15, 0.2) is 40.1 Å². The van der Waals surface area contributed by atoms with Crippen LogP contribution in [0.3, 0.4) is 0 Å². The molecule has 0 saturated carbocycles. The third-order valence-electron chi connectivity index (χ3n) is 34.0. The molecule has 24 heterocycles. The van der Waals surface area contributed by atoms with Gasteiger partial charge in [-0.3, -0.25) is 4.79 Å². The van der Waals surface area contributed by atoms with Crippen molar-refractivity contribution in [3.63, 3.8) is 0 Å². The Morgan fingerprint density at radius 3 is 0.935 bits per heavy atom. The van der Waals surface area contributed by atoms with Crippen molar-refractivity contribution in [1.29, 1.82) is 0 Å². The molecule has 0 aromatic carbocycles. The lowest BCUT2D eigenvalue weighted by Crippen LogP contribution is -2.83. The van der Waals surface area contributed by atoms with E-state index >= 15 is 0 Å². The van der Waals surface area contributed by atoms with Gasteiger partial charge in [-0.1, -0.05) is 310 Å². The van der Waals surface area contributed by atoms with E-state index in [9.17, 15) is 44.3 Å². The second-order valence-electron chi connectivity index (χ2n) is 55.1. The Kier molecular flexibility index (Phi) is 30.3. The maximum atomic E-state index is 14.1. The summed E-state index contributed by atoms with van der Waals surface area (Å²) in [5.74, 6) is -10.3. The van der Waals surface area contributed by atoms with E-state index in [4.69, 9.17) is 52.1 Å². The van der Waals surface area contributed by atoms with Crippen molar-refractivity contribution in [2.45, 2.75) is 663 Å². The van der Waals surface area contributed by atoms with Gasteiger partial charge in [-0.15, -0.1) is 0 Å². The molecule has 24 aliphatic heterocycles. The predicted octanol–water partition coefficient (Wildman–Crippen LogP) is 34.9. The number of hydrogen-bond donors (Lipinski definition) is 0. The molecule has 23 fully saturated rings. The normalized spacial score (nSPS) is 49.3. The molecular formula is C108H186F9O14P7. The molecular weight excluding hydrogens is 1910 g/mol. The van der Waals surface area contributed by atoms with Crippen molar-refractivity contribution in [2.75, 3.05) is 0 Å². The molecule has 24 aliphatic rings. The molecule has 0 N–H and O–H groups in total. The smallest absolute Gasteiger partial charge is 0.375 e. The van der Waals surface area contributed by atoms with Crippen LogP contribution in [0.5, 0.6) is 0 Å². The number of halogens is 9. The van der Waals surface area contributed by atoms with Crippen molar-refractivity contribution in [1.82, 2.24) is 0 Å². The number of alkyl halides is 9. The highest BCUT2D eigenvalue weighted by Gasteiger charge is 2.91. The van der Waals surface area contributed by atoms with Crippen LogP contribution in [0.15, 0.2) is 12.2 Å². The van der Waals surface area contributed by atoms with Gasteiger partial charge in [-0.05, 0) is 213 Å². The highest BCUT2D eigenvalue weighted by molar-refractivity contribution is 7.65. The first-order valence-electron chi connectivity index (χ1n) is 53.1. The monoisotopic (exact) mass is 2100 g/mol. The number of fused-ring (bicyclic) bond motifs is 4. The molecule has 138 heavy (non-hydrogen) atoms. The van der Waals surface area contributed by atoms with Gasteiger partial charge in [0.2, 0.25) is 0 Å².